The molecule has 1 aliphatic rings. The average Bonchev–Trinajstić information content (AvgIpc) is 3.23. The van der Waals surface area contributed by atoms with Crippen molar-refractivity contribution in [2.45, 2.75) is 65.7 Å². The lowest BCUT2D eigenvalue weighted by Gasteiger charge is -2.23. The molecular formula is C22H28F2N4O. The third-order valence-electron chi connectivity index (χ3n) is 4.35. The summed E-state index contributed by atoms with van der Waals surface area (Å²) in [5, 5.41) is 12.2. The van der Waals surface area contributed by atoms with Crippen molar-refractivity contribution in [3.8, 4) is 11.3 Å². The zero-order valence-electron chi connectivity index (χ0n) is 17.5. The van der Waals surface area contributed by atoms with E-state index in [2.05, 4.69) is 34.2 Å². The number of aromatic nitrogens is 4. The van der Waals surface area contributed by atoms with E-state index >= 15 is 0 Å². The molecule has 0 aliphatic heterocycles. The smallest absolute Gasteiger partial charge is 0.213 e. The standard InChI is InChI=1S/C17H14F2N4O.C3H8.C2H6/c18-12-5-2-6-13(19)16(12)14-7-10-3-1-4-11(17(10)22-21-14)8-15-20-9-24-23-15;1-3-2;1-2/h2,5-7,9,11H,1,3-4,8H2;3H2,1-2H3;1-2H3. The first-order chi connectivity index (χ1) is 14.1. The molecule has 1 aliphatic carbocycles. The van der Waals surface area contributed by atoms with Crippen molar-refractivity contribution in [1.82, 2.24) is 20.3 Å². The summed E-state index contributed by atoms with van der Waals surface area (Å²) >= 11 is 0. The highest BCUT2D eigenvalue weighted by molar-refractivity contribution is 5.61. The van der Waals surface area contributed by atoms with E-state index in [0.717, 1.165) is 30.5 Å². The molecule has 1 unspecified atom stereocenters. The van der Waals surface area contributed by atoms with Crippen molar-refractivity contribution in [3.63, 3.8) is 0 Å². The van der Waals surface area contributed by atoms with Gasteiger partial charge in [0.05, 0.1) is 17.0 Å². The fourth-order valence-electron chi connectivity index (χ4n) is 3.23. The average molecular weight is 402 g/mol. The molecule has 0 amide bonds. The van der Waals surface area contributed by atoms with E-state index in [4.69, 9.17) is 4.52 Å². The van der Waals surface area contributed by atoms with Crippen LogP contribution in [0.25, 0.3) is 11.3 Å². The SMILES string of the molecule is CC.CCC.Fc1cccc(F)c1-c1cc2c(nn1)C(Cc1ncon1)CCC2. The Morgan fingerprint density at radius 3 is 2.41 bits per heavy atom. The van der Waals surface area contributed by atoms with Crippen molar-refractivity contribution in [3.05, 3.63) is 59.4 Å². The summed E-state index contributed by atoms with van der Waals surface area (Å²) in [4.78, 5) is 4.05. The molecule has 0 radical (unpaired) electrons. The molecule has 5 nitrogen and oxygen atoms in total. The van der Waals surface area contributed by atoms with E-state index < -0.39 is 11.6 Å². The van der Waals surface area contributed by atoms with Gasteiger partial charge in [-0.3, -0.25) is 0 Å². The van der Waals surface area contributed by atoms with Crippen LogP contribution in [0.2, 0.25) is 0 Å². The van der Waals surface area contributed by atoms with Gasteiger partial charge < -0.3 is 4.52 Å². The number of hydrogen-bond donors (Lipinski definition) is 0. The molecule has 0 N–H and O–H groups in total. The minimum atomic E-state index is -0.636. The van der Waals surface area contributed by atoms with Crippen LogP contribution in [0.3, 0.4) is 0 Å². The van der Waals surface area contributed by atoms with Crippen molar-refractivity contribution >= 4 is 0 Å². The number of aryl methyl sites for hydroxylation is 1. The number of rotatable bonds is 3. The molecule has 7 heteroatoms. The van der Waals surface area contributed by atoms with Crippen LogP contribution in [-0.2, 0) is 12.8 Å². The molecular weight excluding hydrogens is 374 g/mol. The maximum atomic E-state index is 14.0. The molecule has 156 valence electrons. The van der Waals surface area contributed by atoms with Gasteiger partial charge in [0, 0.05) is 12.3 Å². The minimum Gasteiger partial charge on any atom is -0.343 e. The van der Waals surface area contributed by atoms with Crippen molar-refractivity contribution < 1.29 is 13.3 Å². The fourth-order valence-corrected chi connectivity index (χ4v) is 3.23. The predicted octanol–water partition coefficient (Wildman–Crippen LogP) is 5.91. The lowest BCUT2D eigenvalue weighted by Crippen LogP contribution is -2.16. The Kier molecular flexibility index (Phi) is 8.83. The number of nitrogens with zero attached hydrogens (tertiary/aromatic N) is 4. The third kappa shape index (κ3) is 5.65. The quantitative estimate of drug-likeness (QED) is 0.545. The van der Waals surface area contributed by atoms with Gasteiger partial charge in [-0.2, -0.15) is 15.2 Å². The summed E-state index contributed by atoms with van der Waals surface area (Å²) in [6, 6.07) is 5.52. The predicted molar refractivity (Wildman–Crippen MR) is 108 cm³/mol. The molecule has 2 aromatic heterocycles. The van der Waals surface area contributed by atoms with E-state index in [1.165, 1.54) is 31.0 Å². The third-order valence-corrected chi connectivity index (χ3v) is 4.35. The highest BCUT2D eigenvalue weighted by Gasteiger charge is 2.25. The summed E-state index contributed by atoms with van der Waals surface area (Å²) in [6.45, 7) is 8.25. The number of hydrogen-bond acceptors (Lipinski definition) is 5. The van der Waals surface area contributed by atoms with Gasteiger partial charge in [-0.1, -0.05) is 45.3 Å². The second-order valence-corrected chi connectivity index (χ2v) is 6.58. The van der Waals surface area contributed by atoms with Gasteiger partial charge in [0.15, 0.2) is 5.82 Å². The zero-order valence-corrected chi connectivity index (χ0v) is 17.5. The lowest BCUT2D eigenvalue weighted by molar-refractivity contribution is 0.404. The van der Waals surface area contributed by atoms with Gasteiger partial charge in [0.1, 0.15) is 11.6 Å². The van der Waals surface area contributed by atoms with Crippen LogP contribution in [-0.4, -0.2) is 20.3 Å². The molecule has 0 spiro atoms. The maximum Gasteiger partial charge on any atom is 0.213 e. The molecule has 0 fully saturated rings. The van der Waals surface area contributed by atoms with Gasteiger partial charge in [0.25, 0.3) is 0 Å². The molecule has 0 saturated carbocycles. The summed E-state index contributed by atoms with van der Waals surface area (Å²) in [5.74, 6) is -0.510. The Morgan fingerprint density at radius 2 is 1.79 bits per heavy atom. The molecule has 29 heavy (non-hydrogen) atoms. The van der Waals surface area contributed by atoms with Gasteiger partial charge in [-0.05, 0) is 43.0 Å². The van der Waals surface area contributed by atoms with Crippen LogP contribution in [0.5, 0.6) is 0 Å². The van der Waals surface area contributed by atoms with Crippen molar-refractivity contribution in [2.75, 3.05) is 0 Å². The van der Waals surface area contributed by atoms with Crippen LogP contribution < -0.4 is 0 Å². The Morgan fingerprint density at radius 1 is 1.10 bits per heavy atom. The highest BCUT2D eigenvalue weighted by Crippen LogP contribution is 2.34. The van der Waals surface area contributed by atoms with Gasteiger partial charge in [-0.15, -0.1) is 0 Å². The van der Waals surface area contributed by atoms with Crippen LogP contribution in [0.1, 0.15) is 70.0 Å². The monoisotopic (exact) mass is 402 g/mol. The fraction of sp³-hybridized carbons (Fsp3) is 0.455. The second kappa shape index (κ2) is 11.3. The molecule has 1 atom stereocenters. The lowest BCUT2D eigenvalue weighted by atomic mass is 9.84. The Bertz CT molecular complexity index is 864. The van der Waals surface area contributed by atoms with E-state index in [0.29, 0.717) is 12.2 Å². The Labute approximate surface area is 170 Å². The zero-order chi connectivity index (χ0) is 21.2. The van der Waals surface area contributed by atoms with Gasteiger partial charge in [-0.25, -0.2) is 8.78 Å². The molecule has 3 aromatic rings. The summed E-state index contributed by atoms with van der Waals surface area (Å²) in [7, 11) is 0. The van der Waals surface area contributed by atoms with Crippen LogP contribution in [0.15, 0.2) is 35.2 Å². The Hall–Kier alpha value is -2.70. The van der Waals surface area contributed by atoms with Gasteiger partial charge >= 0.3 is 0 Å². The number of halogens is 2. The summed E-state index contributed by atoms with van der Waals surface area (Å²) in [5.41, 5.74) is 1.92. The molecule has 2 heterocycles. The maximum absolute atomic E-state index is 14.0. The van der Waals surface area contributed by atoms with Crippen LogP contribution in [0.4, 0.5) is 8.78 Å². The van der Waals surface area contributed by atoms with Crippen LogP contribution >= 0.6 is 0 Å². The molecule has 1 aromatic carbocycles. The van der Waals surface area contributed by atoms with E-state index in [-0.39, 0.29) is 17.2 Å². The first kappa shape index (κ1) is 22.6. The summed E-state index contributed by atoms with van der Waals surface area (Å²) < 4.78 is 32.7. The second-order valence-electron chi connectivity index (χ2n) is 6.58. The number of benzene rings is 1. The first-order valence-electron chi connectivity index (χ1n) is 10.2. The topological polar surface area (TPSA) is 64.7 Å². The normalized spacial score (nSPS) is 14.8. The van der Waals surface area contributed by atoms with Crippen molar-refractivity contribution in [2.24, 2.45) is 0 Å². The van der Waals surface area contributed by atoms with E-state index in [9.17, 15) is 8.78 Å². The minimum absolute atomic E-state index is 0.131. The first-order valence-corrected chi connectivity index (χ1v) is 10.2. The molecule has 0 saturated heterocycles. The van der Waals surface area contributed by atoms with Crippen LogP contribution in [0, 0.1) is 11.6 Å². The van der Waals surface area contributed by atoms with E-state index in [1.54, 1.807) is 6.07 Å². The van der Waals surface area contributed by atoms with Crippen molar-refractivity contribution in [1.29, 1.82) is 0 Å². The van der Waals surface area contributed by atoms with E-state index in [1.807, 2.05) is 13.8 Å². The highest BCUT2D eigenvalue weighted by atomic mass is 19.1. The largest absolute Gasteiger partial charge is 0.343 e. The van der Waals surface area contributed by atoms with Gasteiger partial charge in [0.2, 0.25) is 6.39 Å². The molecule has 4 rings (SSSR count). The summed E-state index contributed by atoms with van der Waals surface area (Å²) in [6.07, 6.45) is 5.90. The number of fused-ring (bicyclic) bond motifs is 1. The molecule has 0 bridgehead atoms. The Balaban J connectivity index is 0.000000551.